The first-order chi connectivity index (χ1) is 10.5. The van der Waals surface area contributed by atoms with Crippen molar-refractivity contribution in [3.05, 3.63) is 71.4 Å². The number of rotatable bonds is 7. The second kappa shape index (κ2) is 10.7. The summed E-state index contributed by atoms with van der Waals surface area (Å²) in [7, 11) is 0. The second-order valence-corrected chi connectivity index (χ2v) is 4.75. The van der Waals surface area contributed by atoms with Crippen molar-refractivity contribution in [3.63, 3.8) is 0 Å². The molecule has 0 atom stereocenters. The van der Waals surface area contributed by atoms with Crippen molar-refractivity contribution < 1.29 is 4.39 Å². The van der Waals surface area contributed by atoms with Crippen molar-refractivity contribution >= 4 is 0 Å². The molecule has 0 unspecified atom stereocenters. The summed E-state index contributed by atoms with van der Waals surface area (Å²) in [5.41, 5.74) is 10.4. The Morgan fingerprint density at radius 2 is 1.86 bits per heavy atom. The first-order valence-corrected chi connectivity index (χ1v) is 7.80. The molecule has 0 heterocycles. The fourth-order valence-corrected chi connectivity index (χ4v) is 2.02. The van der Waals surface area contributed by atoms with E-state index < -0.39 is 0 Å². The van der Waals surface area contributed by atoms with Gasteiger partial charge >= 0.3 is 0 Å². The van der Waals surface area contributed by atoms with E-state index in [4.69, 9.17) is 5.73 Å². The average molecular weight is 304 g/mol. The molecule has 0 aromatic heterocycles. The maximum absolute atomic E-state index is 13.0. The summed E-state index contributed by atoms with van der Waals surface area (Å²) in [5.74, 6) is 0. The van der Waals surface area contributed by atoms with Crippen molar-refractivity contribution in [2.75, 3.05) is 6.54 Å². The van der Waals surface area contributed by atoms with E-state index in [9.17, 15) is 4.39 Å². The highest BCUT2D eigenvalue weighted by atomic mass is 19.1. The molecule has 0 aromatic rings. The van der Waals surface area contributed by atoms with Gasteiger partial charge in [-0.15, -0.1) is 0 Å². The number of hydrogen-bond donors (Lipinski definition) is 2. The summed E-state index contributed by atoms with van der Waals surface area (Å²) in [6.45, 7) is 16.1. The van der Waals surface area contributed by atoms with Gasteiger partial charge in [-0.05, 0) is 24.5 Å². The lowest BCUT2D eigenvalue weighted by molar-refractivity contribution is 0.701. The Morgan fingerprint density at radius 1 is 1.23 bits per heavy atom. The van der Waals surface area contributed by atoms with Crippen LogP contribution in [0.4, 0.5) is 4.39 Å². The molecule has 122 valence electrons. The topological polar surface area (TPSA) is 38.0 Å². The number of allylic oxidation sites excluding steroid dienone is 5. The summed E-state index contributed by atoms with van der Waals surface area (Å²) >= 11 is 0. The number of nitrogens with one attached hydrogen (secondary N) is 1. The molecule has 1 aliphatic carbocycles. The van der Waals surface area contributed by atoms with Crippen molar-refractivity contribution in [1.29, 1.82) is 0 Å². The maximum Gasteiger partial charge on any atom is 0.0916 e. The van der Waals surface area contributed by atoms with E-state index in [2.05, 4.69) is 25.4 Å². The molecule has 0 saturated heterocycles. The average Bonchev–Trinajstić information content (AvgIpc) is 2.55. The Labute approximate surface area is 134 Å². The second-order valence-electron chi connectivity index (χ2n) is 4.75. The smallest absolute Gasteiger partial charge is 0.0916 e. The first-order valence-electron chi connectivity index (χ1n) is 7.80. The third kappa shape index (κ3) is 5.40. The molecule has 1 aliphatic rings. The van der Waals surface area contributed by atoms with E-state index >= 15 is 0 Å². The van der Waals surface area contributed by atoms with Crippen LogP contribution in [0.15, 0.2) is 71.4 Å². The summed E-state index contributed by atoms with van der Waals surface area (Å²) in [6, 6.07) is 0. The maximum atomic E-state index is 13.0. The SMILES string of the molecule is C=C1C(=C)C(NCC(/C=C(\C=C/C)CCC)=C\F)=C1N.CC. The fourth-order valence-electron chi connectivity index (χ4n) is 2.02. The van der Waals surface area contributed by atoms with Gasteiger partial charge in [-0.3, -0.25) is 0 Å². The molecular formula is C19H29FN2. The molecule has 1 rings (SSSR count). The zero-order chi connectivity index (χ0) is 17.1. The standard InChI is InChI=1S/C17H23FN2.C2H6/c1-5-7-14(8-6-2)9-15(10-18)11-20-17-13(4)12(3)16(17)19;1-2/h5,7,9-10,20H,3-4,6,8,11,19H2,1-2H3;1-2H3/b7-5-,14-9+,15-10-;. The van der Waals surface area contributed by atoms with E-state index in [1.807, 2.05) is 39.0 Å². The zero-order valence-corrected chi connectivity index (χ0v) is 14.3. The van der Waals surface area contributed by atoms with E-state index in [0.29, 0.717) is 24.1 Å². The van der Waals surface area contributed by atoms with Crippen LogP contribution in [0.5, 0.6) is 0 Å². The summed E-state index contributed by atoms with van der Waals surface area (Å²) < 4.78 is 13.0. The Hall–Kier alpha value is -2.03. The summed E-state index contributed by atoms with van der Waals surface area (Å²) in [6.07, 6.45) is 8.41. The molecule has 22 heavy (non-hydrogen) atoms. The minimum Gasteiger partial charge on any atom is -0.397 e. The van der Waals surface area contributed by atoms with Gasteiger partial charge in [0, 0.05) is 17.7 Å². The van der Waals surface area contributed by atoms with Crippen LogP contribution in [0.25, 0.3) is 0 Å². The summed E-state index contributed by atoms with van der Waals surface area (Å²) in [5, 5.41) is 3.11. The predicted octanol–water partition coefficient (Wildman–Crippen LogP) is 5.05. The Kier molecular flexibility index (Phi) is 9.68. The number of hydrogen-bond acceptors (Lipinski definition) is 2. The normalized spacial score (nSPS) is 15.7. The van der Waals surface area contributed by atoms with Crippen LogP contribution in [0.1, 0.15) is 40.5 Å². The minimum absolute atomic E-state index is 0.379. The molecule has 0 aliphatic heterocycles. The third-order valence-corrected chi connectivity index (χ3v) is 3.16. The zero-order valence-electron chi connectivity index (χ0n) is 14.3. The third-order valence-electron chi connectivity index (χ3n) is 3.16. The van der Waals surface area contributed by atoms with E-state index in [1.165, 1.54) is 0 Å². The Morgan fingerprint density at radius 3 is 2.32 bits per heavy atom. The van der Waals surface area contributed by atoms with Crippen LogP contribution in [-0.2, 0) is 0 Å². The lowest BCUT2D eigenvalue weighted by Crippen LogP contribution is -2.29. The summed E-state index contributed by atoms with van der Waals surface area (Å²) in [4.78, 5) is 0. The van der Waals surface area contributed by atoms with Gasteiger partial charge < -0.3 is 11.1 Å². The van der Waals surface area contributed by atoms with Crippen LogP contribution in [0, 0.1) is 0 Å². The molecule has 0 saturated carbocycles. The van der Waals surface area contributed by atoms with Crippen LogP contribution in [0.3, 0.4) is 0 Å². The Bertz CT molecular complexity index is 520. The van der Waals surface area contributed by atoms with Gasteiger partial charge in [0.2, 0.25) is 0 Å². The highest BCUT2D eigenvalue weighted by Crippen LogP contribution is 2.31. The molecule has 0 amide bonds. The van der Waals surface area contributed by atoms with Crippen LogP contribution < -0.4 is 11.1 Å². The minimum atomic E-state index is 0.379. The van der Waals surface area contributed by atoms with E-state index in [1.54, 1.807) is 0 Å². The lowest BCUT2D eigenvalue weighted by atomic mass is 9.90. The lowest BCUT2D eigenvalue weighted by Gasteiger charge is -2.27. The molecular weight excluding hydrogens is 275 g/mol. The van der Waals surface area contributed by atoms with Gasteiger partial charge in [0.25, 0.3) is 0 Å². The molecule has 0 fully saturated rings. The monoisotopic (exact) mass is 304 g/mol. The van der Waals surface area contributed by atoms with Crippen LogP contribution in [-0.4, -0.2) is 6.54 Å². The van der Waals surface area contributed by atoms with Crippen molar-refractivity contribution in [2.24, 2.45) is 5.73 Å². The Balaban J connectivity index is 0.00000211. The first kappa shape index (κ1) is 20.0. The molecule has 3 heteroatoms. The molecule has 0 spiro atoms. The number of nitrogens with two attached hydrogens (primary N) is 1. The molecule has 0 radical (unpaired) electrons. The molecule has 2 nitrogen and oxygen atoms in total. The van der Waals surface area contributed by atoms with Crippen molar-refractivity contribution in [1.82, 2.24) is 5.32 Å². The molecule has 3 N–H and O–H groups in total. The van der Waals surface area contributed by atoms with Gasteiger partial charge in [-0.1, -0.05) is 58.6 Å². The van der Waals surface area contributed by atoms with Crippen molar-refractivity contribution in [2.45, 2.75) is 40.5 Å². The quantitative estimate of drug-likeness (QED) is 0.646. The van der Waals surface area contributed by atoms with Gasteiger partial charge in [-0.25, -0.2) is 4.39 Å². The van der Waals surface area contributed by atoms with Crippen LogP contribution >= 0.6 is 0 Å². The van der Waals surface area contributed by atoms with E-state index in [-0.39, 0.29) is 0 Å². The van der Waals surface area contributed by atoms with E-state index in [0.717, 1.165) is 35.3 Å². The van der Waals surface area contributed by atoms with Crippen LogP contribution in [0.2, 0.25) is 0 Å². The largest absolute Gasteiger partial charge is 0.397 e. The predicted molar refractivity (Wildman–Crippen MR) is 95.8 cm³/mol. The van der Waals surface area contributed by atoms with Gasteiger partial charge in [0.15, 0.2) is 0 Å². The van der Waals surface area contributed by atoms with Gasteiger partial charge in [0.05, 0.1) is 17.7 Å². The van der Waals surface area contributed by atoms with Gasteiger partial charge in [-0.2, -0.15) is 0 Å². The van der Waals surface area contributed by atoms with Gasteiger partial charge in [0.1, 0.15) is 0 Å². The highest BCUT2D eigenvalue weighted by Gasteiger charge is 2.23. The van der Waals surface area contributed by atoms with Crippen molar-refractivity contribution in [3.8, 4) is 0 Å². The molecule has 0 aromatic carbocycles. The highest BCUT2D eigenvalue weighted by molar-refractivity contribution is 5.65. The fraction of sp³-hybridized carbons (Fsp3) is 0.368. The molecule has 0 bridgehead atoms. The number of halogens is 1.